The summed E-state index contributed by atoms with van der Waals surface area (Å²) in [6, 6.07) is 10.4. The fraction of sp³-hybridized carbons (Fsp3) is 0.400. The molecule has 1 saturated heterocycles. The molecule has 10 heteroatoms. The number of nitrogens with one attached hydrogen (secondary N) is 1. The maximum Gasteiger partial charge on any atom is 0.159 e. The summed E-state index contributed by atoms with van der Waals surface area (Å²) in [5.74, 6) is 0.986. The second-order valence-corrected chi connectivity index (χ2v) is 6.90. The van der Waals surface area contributed by atoms with Crippen LogP contribution >= 0.6 is 37.2 Å². The number of halogens is 3. The van der Waals surface area contributed by atoms with Gasteiger partial charge in [0, 0.05) is 44.3 Å². The van der Waals surface area contributed by atoms with E-state index in [1.54, 1.807) is 0 Å². The van der Waals surface area contributed by atoms with Crippen LogP contribution < -0.4 is 16.0 Å². The lowest BCUT2D eigenvalue weighted by Crippen LogP contribution is -2.47. The summed E-state index contributed by atoms with van der Waals surface area (Å²) < 4.78 is 7.88. The summed E-state index contributed by atoms with van der Waals surface area (Å²) in [6.45, 7) is 6.65. The zero-order valence-electron chi connectivity index (χ0n) is 16.9. The van der Waals surface area contributed by atoms with E-state index in [0.717, 1.165) is 48.6 Å². The van der Waals surface area contributed by atoms with Crippen molar-refractivity contribution in [2.24, 2.45) is 5.73 Å². The number of nitrogens with two attached hydrogens (primary N) is 1. The zero-order valence-corrected chi connectivity index (χ0v) is 19.3. The standard InChI is InChI=1S/C20H26N6O.3ClH/c1-15-2-4-16(5-3-15)26-19-13-22-8-6-18(19)20(24-26)25-10-11-27-17(14-25)12-23-9-7-21;;;/h2-6,8,13,17,23H,7,9-12,14,21H2,1H3;3*1H. The van der Waals surface area contributed by atoms with Crippen molar-refractivity contribution in [3.63, 3.8) is 0 Å². The Kier molecular flexibility index (Phi) is 10.8. The largest absolute Gasteiger partial charge is 0.373 e. The van der Waals surface area contributed by atoms with Crippen LogP contribution in [0, 0.1) is 6.92 Å². The zero-order chi connectivity index (χ0) is 18.6. The first-order valence-corrected chi connectivity index (χ1v) is 9.43. The number of ether oxygens (including phenoxy) is 1. The van der Waals surface area contributed by atoms with Gasteiger partial charge in [0.15, 0.2) is 5.82 Å². The van der Waals surface area contributed by atoms with Gasteiger partial charge in [0.1, 0.15) is 0 Å². The van der Waals surface area contributed by atoms with Crippen molar-refractivity contribution in [3.05, 3.63) is 48.3 Å². The third-order valence-electron chi connectivity index (χ3n) is 4.87. The Hall–Kier alpha value is -1.61. The van der Waals surface area contributed by atoms with Crippen molar-refractivity contribution in [2.75, 3.05) is 44.2 Å². The highest BCUT2D eigenvalue weighted by molar-refractivity contribution is 5.91. The molecule has 0 bridgehead atoms. The van der Waals surface area contributed by atoms with E-state index in [4.69, 9.17) is 15.6 Å². The second kappa shape index (κ2) is 12.3. The van der Waals surface area contributed by atoms with Crippen molar-refractivity contribution < 1.29 is 4.74 Å². The van der Waals surface area contributed by atoms with Gasteiger partial charge < -0.3 is 20.7 Å². The van der Waals surface area contributed by atoms with Crippen LogP contribution in [0.5, 0.6) is 0 Å². The number of benzene rings is 1. The lowest BCUT2D eigenvalue weighted by molar-refractivity contribution is 0.0410. The number of anilines is 1. The van der Waals surface area contributed by atoms with Gasteiger partial charge in [0.25, 0.3) is 0 Å². The highest BCUT2D eigenvalue weighted by Crippen LogP contribution is 2.29. The Morgan fingerprint density at radius 2 is 1.93 bits per heavy atom. The fourth-order valence-corrected chi connectivity index (χ4v) is 3.46. The van der Waals surface area contributed by atoms with Gasteiger partial charge >= 0.3 is 0 Å². The smallest absolute Gasteiger partial charge is 0.159 e. The quantitative estimate of drug-likeness (QED) is 0.534. The number of nitrogens with zero attached hydrogens (tertiary/aromatic N) is 4. The number of aryl methyl sites for hydroxylation is 1. The normalized spacial score (nSPS) is 15.8. The van der Waals surface area contributed by atoms with Crippen LogP contribution in [-0.2, 0) is 4.74 Å². The molecular formula is C20H29Cl3N6O. The monoisotopic (exact) mass is 474 g/mol. The first kappa shape index (κ1) is 26.4. The van der Waals surface area contributed by atoms with E-state index < -0.39 is 0 Å². The lowest BCUT2D eigenvalue weighted by atomic mass is 10.2. The lowest BCUT2D eigenvalue weighted by Gasteiger charge is -2.33. The summed E-state index contributed by atoms with van der Waals surface area (Å²) in [4.78, 5) is 6.62. The molecule has 3 N–H and O–H groups in total. The molecule has 0 radical (unpaired) electrons. The Bertz CT molecular complexity index is 905. The molecule has 1 fully saturated rings. The van der Waals surface area contributed by atoms with Crippen LogP contribution in [0.3, 0.4) is 0 Å². The SMILES string of the molecule is Cc1ccc(-n2nc(N3CCOC(CNCCN)C3)c3ccncc32)cc1.Cl.Cl.Cl. The van der Waals surface area contributed by atoms with Gasteiger partial charge in [-0.15, -0.1) is 42.3 Å². The average molecular weight is 476 g/mol. The van der Waals surface area contributed by atoms with Gasteiger partial charge in [-0.05, 0) is 25.1 Å². The minimum Gasteiger partial charge on any atom is -0.373 e. The van der Waals surface area contributed by atoms with E-state index in [2.05, 4.69) is 46.4 Å². The molecule has 1 aromatic carbocycles. The third-order valence-corrected chi connectivity index (χ3v) is 4.87. The average Bonchev–Trinajstić information content (AvgIpc) is 3.09. The topological polar surface area (TPSA) is 81.2 Å². The molecule has 3 aromatic rings. The minimum absolute atomic E-state index is 0. The van der Waals surface area contributed by atoms with E-state index in [1.165, 1.54) is 5.56 Å². The molecule has 0 amide bonds. The number of rotatable bonds is 6. The Labute approximate surface area is 195 Å². The molecule has 0 saturated carbocycles. The van der Waals surface area contributed by atoms with Crippen molar-refractivity contribution in [2.45, 2.75) is 13.0 Å². The summed E-state index contributed by atoms with van der Waals surface area (Å²) >= 11 is 0. The van der Waals surface area contributed by atoms with Crippen LogP contribution in [-0.4, -0.2) is 60.2 Å². The molecule has 1 aliphatic rings. The van der Waals surface area contributed by atoms with Gasteiger partial charge in [0.2, 0.25) is 0 Å². The van der Waals surface area contributed by atoms with Gasteiger partial charge in [-0.1, -0.05) is 17.7 Å². The van der Waals surface area contributed by atoms with E-state index in [-0.39, 0.29) is 43.3 Å². The van der Waals surface area contributed by atoms with E-state index in [0.29, 0.717) is 13.2 Å². The maximum atomic E-state index is 5.90. The summed E-state index contributed by atoms with van der Waals surface area (Å²) in [6.07, 6.45) is 3.84. The van der Waals surface area contributed by atoms with Gasteiger partial charge in [-0.3, -0.25) is 4.98 Å². The molecule has 1 aliphatic heterocycles. The predicted octanol–water partition coefficient (Wildman–Crippen LogP) is 2.75. The predicted molar refractivity (Wildman–Crippen MR) is 129 cm³/mol. The minimum atomic E-state index is 0. The molecule has 1 atom stereocenters. The highest BCUT2D eigenvalue weighted by Gasteiger charge is 2.24. The first-order valence-electron chi connectivity index (χ1n) is 9.43. The van der Waals surface area contributed by atoms with Crippen LogP contribution in [0.4, 0.5) is 5.82 Å². The van der Waals surface area contributed by atoms with E-state index >= 15 is 0 Å². The molecule has 166 valence electrons. The van der Waals surface area contributed by atoms with E-state index in [9.17, 15) is 0 Å². The second-order valence-electron chi connectivity index (χ2n) is 6.90. The molecule has 0 aliphatic carbocycles. The van der Waals surface area contributed by atoms with E-state index in [1.807, 2.05) is 23.1 Å². The number of pyridine rings is 1. The first-order chi connectivity index (χ1) is 13.3. The number of hydrogen-bond donors (Lipinski definition) is 2. The number of fused-ring (bicyclic) bond motifs is 1. The van der Waals surface area contributed by atoms with Crippen molar-refractivity contribution in [1.29, 1.82) is 0 Å². The Morgan fingerprint density at radius 3 is 2.67 bits per heavy atom. The van der Waals surface area contributed by atoms with Gasteiger partial charge in [-0.2, -0.15) is 0 Å². The Balaban J connectivity index is 0.00000150. The number of morpholine rings is 1. The molecule has 7 nitrogen and oxygen atoms in total. The Morgan fingerprint density at radius 1 is 1.17 bits per heavy atom. The van der Waals surface area contributed by atoms with Crippen molar-refractivity contribution >= 4 is 53.9 Å². The molecule has 3 heterocycles. The molecule has 0 spiro atoms. The van der Waals surface area contributed by atoms with Crippen molar-refractivity contribution in [3.8, 4) is 5.69 Å². The van der Waals surface area contributed by atoms with Crippen LogP contribution in [0.1, 0.15) is 5.56 Å². The fourth-order valence-electron chi connectivity index (χ4n) is 3.46. The van der Waals surface area contributed by atoms with Gasteiger partial charge in [0.05, 0.1) is 30.1 Å². The molecular weight excluding hydrogens is 447 g/mol. The molecule has 30 heavy (non-hydrogen) atoms. The molecule has 4 rings (SSSR count). The van der Waals surface area contributed by atoms with Crippen LogP contribution in [0.2, 0.25) is 0 Å². The van der Waals surface area contributed by atoms with Crippen LogP contribution in [0.15, 0.2) is 42.7 Å². The molecule has 2 aromatic heterocycles. The van der Waals surface area contributed by atoms with Crippen LogP contribution in [0.25, 0.3) is 16.6 Å². The number of hydrogen-bond acceptors (Lipinski definition) is 6. The summed E-state index contributed by atoms with van der Waals surface area (Å²) in [7, 11) is 0. The third kappa shape index (κ3) is 5.75. The molecule has 1 unspecified atom stereocenters. The summed E-state index contributed by atoms with van der Waals surface area (Å²) in [5, 5.41) is 9.40. The number of aromatic nitrogens is 3. The van der Waals surface area contributed by atoms with Gasteiger partial charge in [-0.25, -0.2) is 4.68 Å². The maximum absolute atomic E-state index is 5.90. The summed E-state index contributed by atoms with van der Waals surface area (Å²) in [5.41, 5.74) is 8.85. The highest BCUT2D eigenvalue weighted by atomic mass is 35.5. The van der Waals surface area contributed by atoms with Crippen molar-refractivity contribution in [1.82, 2.24) is 20.1 Å².